The van der Waals surface area contributed by atoms with E-state index in [2.05, 4.69) is 17.2 Å². The predicted molar refractivity (Wildman–Crippen MR) is 83.0 cm³/mol. The minimum absolute atomic E-state index is 0.766. The van der Waals surface area contributed by atoms with Crippen molar-refractivity contribution in [3.05, 3.63) is 52.1 Å². The zero-order valence-electron chi connectivity index (χ0n) is 11.3. The highest BCUT2D eigenvalue weighted by Crippen LogP contribution is 2.25. The fourth-order valence-electron chi connectivity index (χ4n) is 2.33. The van der Waals surface area contributed by atoms with Crippen LogP contribution in [0.5, 0.6) is 0 Å². The summed E-state index contributed by atoms with van der Waals surface area (Å²) < 4.78 is 0. The van der Waals surface area contributed by atoms with Gasteiger partial charge in [-0.25, -0.2) is 9.97 Å². The second-order valence-electron chi connectivity index (χ2n) is 4.71. The Hall–Kier alpha value is -1.10. The monoisotopic (exact) mass is 305 g/mol. The van der Waals surface area contributed by atoms with E-state index in [1.807, 2.05) is 24.3 Å². The van der Waals surface area contributed by atoms with Crippen LogP contribution < -0.4 is 5.32 Å². The van der Waals surface area contributed by atoms with Crippen molar-refractivity contribution in [1.29, 1.82) is 0 Å². The van der Waals surface area contributed by atoms with Crippen LogP contribution in [0.4, 0.5) is 0 Å². The molecule has 0 spiro atoms. The molecule has 1 aliphatic rings. The van der Waals surface area contributed by atoms with Crippen molar-refractivity contribution in [2.45, 2.75) is 37.1 Å². The summed E-state index contributed by atoms with van der Waals surface area (Å²) in [4.78, 5) is 10.6. The number of rotatable bonds is 4. The normalized spacial score (nSPS) is 13.5. The Morgan fingerprint density at radius 1 is 1.20 bits per heavy atom. The molecule has 2 heterocycles. The maximum absolute atomic E-state index is 5.89. The van der Waals surface area contributed by atoms with E-state index in [-0.39, 0.29) is 0 Å². The van der Waals surface area contributed by atoms with Gasteiger partial charge in [0, 0.05) is 34.3 Å². The lowest BCUT2D eigenvalue weighted by atomic mass is 10.1. The minimum Gasteiger partial charge on any atom is -0.307 e. The first-order valence-corrected chi connectivity index (χ1v) is 8.09. The average Bonchev–Trinajstić information content (AvgIpc) is 2.94. The fraction of sp³-hybridized carbons (Fsp3) is 0.333. The van der Waals surface area contributed by atoms with Gasteiger partial charge in [-0.2, -0.15) is 0 Å². The highest BCUT2D eigenvalue weighted by atomic mass is 35.5. The molecule has 1 aromatic carbocycles. The van der Waals surface area contributed by atoms with Gasteiger partial charge in [-0.1, -0.05) is 18.5 Å². The van der Waals surface area contributed by atoms with Crippen molar-refractivity contribution >= 4 is 23.4 Å². The van der Waals surface area contributed by atoms with Gasteiger partial charge in [0.15, 0.2) is 0 Å². The minimum atomic E-state index is 0.766. The molecule has 0 radical (unpaired) electrons. The molecular formula is C15H16ClN3S. The number of nitrogens with one attached hydrogen (secondary N) is 1. The molecule has 104 valence electrons. The number of hydrogen-bond donors (Lipinski definition) is 1. The Labute approximate surface area is 128 Å². The summed E-state index contributed by atoms with van der Waals surface area (Å²) in [6, 6.07) is 7.88. The van der Waals surface area contributed by atoms with Gasteiger partial charge in [-0.15, -0.1) is 11.8 Å². The molecule has 1 N–H and O–H groups in total. The molecule has 0 fully saturated rings. The third-order valence-electron chi connectivity index (χ3n) is 3.34. The van der Waals surface area contributed by atoms with Crippen molar-refractivity contribution in [1.82, 2.24) is 15.3 Å². The van der Waals surface area contributed by atoms with E-state index in [0.717, 1.165) is 36.1 Å². The lowest BCUT2D eigenvalue weighted by Gasteiger charge is -2.08. The van der Waals surface area contributed by atoms with E-state index in [1.54, 1.807) is 11.8 Å². The van der Waals surface area contributed by atoms with E-state index >= 15 is 0 Å². The SMILES string of the molecule is CCc1nc(CSc2ccc(Cl)cc2)nc2c1CNC2. The Morgan fingerprint density at radius 2 is 2.00 bits per heavy atom. The molecule has 0 saturated carbocycles. The van der Waals surface area contributed by atoms with Crippen LogP contribution in [-0.4, -0.2) is 9.97 Å². The van der Waals surface area contributed by atoms with Gasteiger partial charge in [0.25, 0.3) is 0 Å². The topological polar surface area (TPSA) is 37.8 Å². The Balaban J connectivity index is 1.76. The van der Waals surface area contributed by atoms with Crippen molar-refractivity contribution in [3.8, 4) is 0 Å². The molecule has 5 heteroatoms. The summed E-state index contributed by atoms with van der Waals surface area (Å²) in [5, 5.41) is 4.11. The van der Waals surface area contributed by atoms with Crippen LogP contribution in [0, 0.1) is 0 Å². The largest absolute Gasteiger partial charge is 0.307 e. The van der Waals surface area contributed by atoms with Crippen LogP contribution in [0.1, 0.15) is 29.7 Å². The smallest absolute Gasteiger partial charge is 0.139 e. The molecule has 0 unspecified atom stereocenters. The summed E-state index contributed by atoms with van der Waals surface area (Å²) >= 11 is 7.63. The summed E-state index contributed by atoms with van der Waals surface area (Å²) in [5.74, 6) is 1.71. The van der Waals surface area contributed by atoms with E-state index in [0.29, 0.717) is 0 Å². The maximum atomic E-state index is 5.89. The molecule has 3 nitrogen and oxygen atoms in total. The molecule has 0 saturated heterocycles. The number of aryl methyl sites for hydroxylation is 1. The lowest BCUT2D eigenvalue weighted by Crippen LogP contribution is -2.04. The number of benzene rings is 1. The van der Waals surface area contributed by atoms with Crippen LogP contribution in [0.2, 0.25) is 5.02 Å². The van der Waals surface area contributed by atoms with Gasteiger partial charge in [0.2, 0.25) is 0 Å². The quantitative estimate of drug-likeness (QED) is 0.876. The predicted octanol–water partition coefficient (Wildman–Crippen LogP) is 3.59. The molecule has 0 atom stereocenters. The van der Waals surface area contributed by atoms with Crippen molar-refractivity contribution in [2.24, 2.45) is 0 Å². The zero-order chi connectivity index (χ0) is 13.9. The van der Waals surface area contributed by atoms with Gasteiger partial charge in [0.1, 0.15) is 5.82 Å². The van der Waals surface area contributed by atoms with E-state index in [1.165, 1.54) is 21.8 Å². The van der Waals surface area contributed by atoms with E-state index < -0.39 is 0 Å². The number of hydrogen-bond acceptors (Lipinski definition) is 4. The van der Waals surface area contributed by atoms with Crippen LogP contribution >= 0.6 is 23.4 Å². The molecule has 0 amide bonds. The van der Waals surface area contributed by atoms with Crippen molar-refractivity contribution < 1.29 is 0 Å². The first-order chi connectivity index (χ1) is 9.76. The fourth-order valence-corrected chi connectivity index (χ4v) is 3.21. The van der Waals surface area contributed by atoms with E-state index in [9.17, 15) is 0 Å². The number of nitrogens with zero attached hydrogens (tertiary/aromatic N) is 2. The van der Waals surface area contributed by atoms with Crippen LogP contribution in [0.25, 0.3) is 0 Å². The first kappa shape index (κ1) is 13.9. The molecule has 1 aliphatic heterocycles. The number of halogens is 1. The van der Waals surface area contributed by atoms with Gasteiger partial charge in [-0.05, 0) is 30.7 Å². The Kier molecular flexibility index (Phi) is 4.24. The van der Waals surface area contributed by atoms with Crippen LogP contribution in [0.3, 0.4) is 0 Å². The van der Waals surface area contributed by atoms with Crippen molar-refractivity contribution in [3.63, 3.8) is 0 Å². The highest BCUT2D eigenvalue weighted by Gasteiger charge is 2.17. The molecular weight excluding hydrogens is 290 g/mol. The first-order valence-electron chi connectivity index (χ1n) is 6.73. The highest BCUT2D eigenvalue weighted by molar-refractivity contribution is 7.98. The second-order valence-corrected chi connectivity index (χ2v) is 6.20. The van der Waals surface area contributed by atoms with Crippen LogP contribution in [-0.2, 0) is 25.3 Å². The van der Waals surface area contributed by atoms with Crippen molar-refractivity contribution in [2.75, 3.05) is 0 Å². The molecule has 20 heavy (non-hydrogen) atoms. The van der Waals surface area contributed by atoms with Gasteiger partial charge in [-0.3, -0.25) is 0 Å². The van der Waals surface area contributed by atoms with Gasteiger partial charge >= 0.3 is 0 Å². The number of thioether (sulfide) groups is 1. The average molecular weight is 306 g/mol. The molecule has 0 aliphatic carbocycles. The summed E-state index contributed by atoms with van der Waals surface area (Å²) in [6.07, 6.45) is 0.963. The standard InChI is InChI=1S/C15H16ClN3S/c1-2-13-12-7-17-8-14(12)19-15(18-13)9-20-11-5-3-10(16)4-6-11/h3-6,17H,2,7-9H2,1H3. The van der Waals surface area contributed by atoms with Crippen LogP contribution in [0.15, 0.2) is 29.2 Å². The summed E-state index contributed by atoms with van der Waals surface area (Å²) in [7, 11) is 0. The molecule has 1 aromatic heterocycles. The maximum Gasteiger partial charge on any atom is 0.139 e. The lowest BCUT2D eigenvalue weighted by molar-refractivity contribution is 0.755. The molecule has 0 bridgehead atoms. The van der Waals surface area contributed by atoms with Gasteiger partial charge < -0.3 is 5.32 Å². The third-order valence-corrected chi connectivity index (χ3v) is 4.60. The summed E-state index contributed by atoms with van der Waals surface area (Å²) in [5.41, 5.74) is 3.66. The summed E-state index contributed by atoms with van der Waals surface area (Å²) in [6.45, 7) is 3.92. The number of fused-ring (bicyclic) bond motifs is 1. The third kappa shape index (κ3) is 2.97. The molecule has 3 rings (SSSR count). The Morgan fingerprint density at radius 3 is 2.75 bits per heavy atom. The molecule has 2 aromatic rings. The van der Waals surface area contributed by atoms with E-state index in [4.69, 9.17) is 16.6 Å². The van der Waals surface area contributed by atoms with Gasteiger partial charge in [0.05, 0.1) is 11.4 Å². The zero-order valence-corrected chi connectivity index (χ0v) is 12.9. The Bertz CT molecular complexity index is 613. The second kappa shape index (κ2) is 6.12. The number of aromatic nitrogens is 2.